The molecule has 1 fully saturated rings. The molecule has 2 aromatic heterocycles. The number of nitrogens with one attached hydrogen (secondary N) is 1. The fraction of sp³-hybridized carbons (Fsp3) is 0.519. The van der Waals surface area contributed by atoms with Gasteiger partial charge in [-0.15, -0.1) is 0 Å². The SMILES string of the molecule is CCN(c1cc(Cl)cc(C(=O)NCc2c(OC)nc(C)n3ccnc23)c1C)[C@H]1CC[C@H](N(C)C)CC1. The number of ether oxygens (including phenoxy) is 1. The van der Waals surface area contributed by atoms with Crippen molar-refractivity contribution >= 4 is 28.8 Å². The van der Waals surface area contributed by atoms with Gasteiger partial charge in [-0.1, -0.05) is 11.6 Å². The zero-order valence-corrected chi connectivity index (χ0v) is 22.9. The maximum absolute atomic E-state index is 13.4. The van der Waals surface area contributed by atoms with E-state index in [-0.39, 0.29) is 12.5 Å². The number of hydrogen-bond acceptors (Lipinski definition) is 6. The summed E-state index contributed by atoms with van der Waals surface area (Å²) in [6, 6.07) is 4.82. The molecule has 0 bridgehead atoms. The molecule has 1 N–H and O–H groups in total. The number of carbonyl (C=O) groups is 1. The van der Waals surface area contributed by atoms with E-state index in [0.29, 0.717) is 34.2 Å². The van der Waals surface area contributed by atoms with Crippen LogP contribution < -0.4 is 15.0 Å². The van der Waals surface area contributed by atoms with Gasteiger partial charge in [0.2, 0.25) is 5.88 Å². The molecule has 1 saturated carbocycles. The Labute approximate surface area is 218 Å². The van der Waals surface area contributed by atoms with E-state index in [1.807, 2.05) is 30.5 Å². The second-order valence-corrected chi connectivity index (χ2v) is 10.2. The fourth-order valence-electron chi connectivity index (χ4n) is 5.45. The lowest BCUT2D eigenvalue weighted by atomic mass is 9.89. The third kappa shape index (κ3) is 5.15. The zero-order chi connectivity index (χ0) is 26.0. The minimum atomic E-state index is -0.184. The van der Waals surface area contributed by atoms with Gasteiger partial charge in [0.1, 0.15) is 11.5 Å². The first-order valence-corrected chi connectivity index (χ1v) is 13.0. The van der Waals surface area contributed by atoms with Crippen LogP contribution in [-0.4, -0.2) is 65.0 Å². The summed E-state index contributed by atoms with van der Waals surface area (Å²) >= 11 is 6.56. The number of hydrogen-bond donors (Lipinski definition) is 1. The molecule has 36 heavy (non-hydrogen) atoms. The Kier molecular flexibility index (Phi) is 8.05. The molecule has 1 aromatic carbocycles. The number of aryl methyl sites for hydroxylation is 1. The minimum Gasteiger partial charge on any atom is -0.481 e. The van der Waals surface area contributed by atoms with Crippen molar-refractivity contribution in [1.82, 2.24) is 24.6 Å². The molecule has 8 nitrogen and oxygen atoms in total. The Balaban J connectivity index is 1.57. The number of nitrogens with zero attached hydrogens (tertiary/aromatic N) is 5. The Hall–Kier alpha value is -2.84. The molecule has 0 saturated heterocycles. The van der Waals surface area contributed by atoms with Crippen LogP contribution >= 0.6 is 11.6 Å². The normalized spacial score (nSPS) is 18.0. The van der Waals surface area contributed by atoms with Crippen molar-refractivity contribution in [2.24, 2.45) is 0 Å². The fourth-order valence-corrected chi connectivity index (χ4v) is 5.66. The summed E-state index contributed by atoms with van der Waals surface area (Å²) in [7, 11) is 5.90. The van der Waals surface area contributed by atoms with Gasteiger partial charge >= 0.3 is 0 Å². The number of halogens is 1. The van der Waals surface area contributed by atoms with E-state index >= 15 is 0 Å². The monoisotopic (exact) mass is 512 g/mol. The van der Waals surface area contributed by atoms with E-state index in [4.69, 9.17) is 16.3 Å². The van der Waals surface area contributed by atoms with Crippen molar-refractivity contribution in [2.45, 2.75) is 65.1 Å². The maximum Gasteiger partial charge on any atom is 0.251 e. The molecule has 0 radical (unpaired) electrons. The van der Waals surface area contributed by atoms with E-state index in [9.17, 15) is 4.79 Å². The summed E-state index contributed by atoms with van der Waals surface area (Å²) in [5, 5.41) is 3.61. The van der Waals surface area contributed by atoms with Gasteiger partial charge in [-0.3, -0.25) is 9.20 Å². The first kappa shape index (κ1) is 26.2. The first-order chi connectivity index (χ1) is 17.2. The van der Waals surface area contributed by atoms with Crippen LogP contribution in [0.3, 0.4) is 0 Å². The lowest BCUT2D eigenvalue weighted by molar-refractivity contribution is 0.0950. The first-order valence-electron chi connectivity index (χ1n) is 12.6. The molecule has 4 rings (SSSR count). The maximum atomic E-state index is 13.4. The lowest BCUT2D eigenvalue weighted by Crippen LogP contribution is -2.42. The van der Waals surface area contributed by atoms with Crippen LogP contribution in [0.1, 0.15) is 59.9 Å². The summed E-state index contributed by atoms with van der Waals surface area (Å²) in [6.07, 6.45) is 8.18. The van der Waals surface area contributed by atoms with Gasteiger partial charge in [-0.2, -0.15) is 4.98 Å². The number of imidazole rings is 1. The smallest absolute Gasteiger partial charge is 0.251 e. The Morgan fingerprint density at radius 1 is 1.19 bits per heavy atom. The highest BCUT2D eigenvalue weighted by Crippen LogP contribution is 2.34. The molecule has 194 valence electrons. The largest absolute Gasteiger partial charge is 0.481 e. The number of anilines is 1. The van der Waals surface area contributed by atoms with E-state index in [1.165, 1.54) is 12.8 Å². The standard InChI is InChI=1S/C27H37ClN6O2/c1-7-33(21-10-8-20(9-11-21)32(4)5)24-15-19(28)14-22(17(24)2)26(35)30-16-23-25-29-12-13-34(25)18(3)31-27(23)36-6/h12-15,20-21H,7-11,16H2,1-6H3,(H,30,35)/t20-,21-. The van der Waals surface area contributed by atoms with Crippen LogP contribution in [0.5, 0.6) is 5.88 Å². The molecule has 1 aliphatic carbocycles. The highest BCUT2D eigenvalue weighted by atomic mass is 35.5. The predicted molar refractivity (Wildman–Crippen MR) is 144 cm³/mol. The number of amides is 1. The number of fused-ring (bicyclic) bond motifs is 1. The molecule has 0 atom stereocenters. The number of aromatic nitrogens is 3. The molecular formula is C27H37ClN6O2. The Bertz CT molecular complexity index is 1230. The van der Waals surface area contributed by atoms with E-state index < -0.39 is 0 Å². The Morgan fingerprint density at radius 3 is 2.53 bits per heavy atom. The van der Waals surface area contributed by atoms with Gasteiger partial charge in [0.15, 0.2) is 0 Å². The predicted octanol–water partition coefficient (Wildman–Crippen LogP) is 4.64. The molecule has 1 aliphatic rings. The zero-order valence-electron chi connectivity index (χ0n) is 22.1. The third-order valence-corrected chi connectivity index (χ3v) is 7.70. The number of methoxy groups -OCH3 is 1. The van der Waals surface area contributed by atoms with Crippen LogP contribution in [0.15, 0.2) is 24.5 Å². The summed E-state index contributed by atoms with van der Waals surface area (Å²) in [4.78, 5) is 27.1. The average Bonchev–Trinajstić information content (AvgIpc) is 3.36. The van der Waals surface area contributed by atoms with Gasteiger partial charge in [0, 0.05) is 47.3 Å². The summed E-state index contributed by atoms with van der Waals surface area (Å²) < 4.78 is 7.38. The van der Waals surface area contributed by atoms with Gasteiger partial charge in [-0.05, 0) is 78.2 Å². The molecule has 2 heterocycles. The van der Waals surface area contributed by atoms with Crippen molar-refractivity contribution in [3.8, 4) is 5.88 Å². The Morgan fingerprint density at radius 2 is 1.89 bits per heavy atom. The van der Waals surface area contributed by atoms with E-state index in [0.717, 1.165) is 42.0 Å². The second kappa shape index (κ2) is 11.0. The summed E-state index contributed by atoms with van der Waals surface area (Å²) in [5.41, 5.74) is 4.00. The van der Waals surface area contributed by atoms with Crippen LogP contribution in [0, 0.1) is 13.8 Å². The van der Waals surface area contributed by atoms with Crippen LogP contribution in [0.4, 0.5) is 5.69 Å². The van der Waals surface area contributed by atoms with Crippen molar-refractivity contribution in [2.75, 3.05) is 32.6 Å². The van der Waals surface area contributed by atoms with Gasteiger partial charge in [-0.25, -0.2) is 4.98 Å². The minimum absolute atomic E-state index is 0.184. The molecule has 1 amide bonds. The van der Waals surface area contributed by atoms with Crippen LogP contribution in [-0.2, 0) is 6.54 Å². The number of benzene rings is 1. The van der Waals surface area contributed by atoms with Gasteiger partial charge in [0.25, 0.3) is 5.91 Å². The van der Waals surface area contributed by atoms with E-state index in [2.05, 4.69) is 46.1 Å². The molecule has 3 aromatic rings. The lowest BCUT2D eigenvalue weighted by Gasteiger charge is -2.40. The summed E-state index contributed by atoms with van der Waals surface area (Å²) in [6.45, 7) is 7.18. The summed E-state index contributed by atoms with van der Waals surface area (Å²) in [5.74, 6) is 1.04. The molecule has 0 aliphatic heterocycles. The van der Waals surface area contributed by atoms with Crippen molar-refractivity contribution < 1.29 is 9.53 Å². The highest BCUT2D eigenvalue weighted by molar-refractivity contribution is 6.31. The molecule has 0 unspecified atom stereocenters. The molecule has 9 heteroatoms. The molecule has 0 spiro atoms. The van der Waals surface area contributed by atoms with Crippen molar-refractivity contribution in [3.63, 3.8) is 0 Å². The second-order valence-electron chi connectivity index (χ2n) is 9.76. The van der Waals surface area contributed by atoms with Gasteiger partial charge < -0.3 is 19.9 Å². The highest BCUT2D eigenvalue weighted by Gasteiger charge is 2.28. The van der Waals surface area contributed by atoms with E-state index in [1.54, 1.807) is 19.4 Å². The number of rotatable bonds is 8. The number of carbonyl (C=O) groups excluding carboxylic acids is 1. The topological polar surface area (TPSA) is 75.0 Å². The quantitative estimate of drug-likeness (QED) is 0.474. The third-order valence-electron chi connectivity index (χ3n) is 7.48. The van der Waals surface area contributed by atoms with Crippen LogP contribution in [0.2, 0.25) is 5.02 Å². The average molecular weight is 513 g/mol. The van der Waals surface area contributed by atoms with Crippen molar-refractivity contribution in [3.05, 3.63) is 52.1 Å². The van der Waals surface area contributed by atoms with Gasteiger partial charge in [0.05, 0.1) is 19.2 Å². The van der Waals surface area contributed by atoms with Crippen molar-refractivity contribution in [1.29, 1.82) is 0 Å². The molecular weight excluding hydrogens is 476 g/mol. The van der Waals surface area contributed by atoms with Crippen LogP contribution in [0.25, 0.3) is 5.65 Å².